The lowest BCUT2D eigenvalue weighted by Crippen LogP contribution is -2.36. The molecule has 2 N–H and O–H groups in total. The highest BCUT2D eigenvalue weighted by Gasteiger charge is 2.39. The highest BCUT2D eigenvalue weighted by Crippen LogP contribution is 2.38. The zero-order valence-corrected chi connectivity index (χ0v) is 17.9. The van der Waals surface area contributed by atoms with Gasteiger partial charge in [-0.3, -0.25) is 4.79 Å². The molecule has 0 saturated carbocycles. The summed E-state index contributed by atoms with van der Waals surface area (Å²) >= 11 is 0. The Morgan fingerprint density at radius 2 is 1.53 bits per heavy atom. The molecule has 4 heteroatoms. The van der Waals surface area contributed by atoms with E-state index in [4.69, 9.17) is 0 Å². The Hall–Kier alpha value is -3.92. The zero-order chi connectivity index (χ0) is 22.6. The van der Waals surface area contributed by atoms with Gasteiger partial charge >= 0.3 is 5.97 Å². The van der Waals surface area contributed by atoms with Gasteiger partial charge in [0.15, 0.2) is 0 Å². The molecular formula is C28H25NO3. The van der Waals surface area contributed by atoms with Crippen LogP contribution in [-0.4, -0.2) is 21.8 Å². The number of aromatic amines is 1. The van der Waals surface area contributed by atoms with Crippen molar-refractivity contribution in [1.82, 2.24) is 4.98 Å². The summed E-state index contributed by atoms with van der Waals surface area (Å²) in [6.07, 6.45) is 3.22. The maximum atomic E-state index is 13.2. The molecule has 0 saturated heterocycles. The molecule has 0 spiro atoms. The minimum absolute atomic E-state index is 0.0644. The number of hydrogen-bond acceptors (Lipinski definition) is 2. The second-order valence-electron chi connectivity index (χ2n) is 7.96. The van der Waals surface area contributed by atoms with Crippen molar-refractivity contribution in [2.24, 2.45) is 0 Å². The average Bonchev–Trinajstić information content (AvgIpc) is 3.36. The second kappa shape index (κ2) is 9.06. The van der Waals surface area contributed by atoms with E-state index < -0.39 is 11.4 Å². The summed E-state index contributed by atoms with van der Waals surface area (Å²) in [6.45, 7) is 1.64. The molecule has 4 nitrogen and oxygen atoms in total. The summed E-state index contributed by atoms with van der Waals surface area (Å²) in [5.74, 6) is -0.897. The number of aromatic carboxylic acids is 1. The minimum atomic E-state index is -0.961. The Bertz CT molecular complexity index is 1210. The first-order valence-corrected chi connectivity index (χ1v) is 10.6. The molecule has 32 heavy (non-hydrogen) atoms. The van der Waals surface area contributed by atoms with Crippen LogP contribution >= 0.6 is 0 Å². The van der Waals surface area contributed by atoms with Gasteiger partial charge in [-0.1, -0.05) is 72.8 Å². The monoisotopic (exact) mass is 423 g/mol. The number of aromatic nitrogens is 1. The summed E-state index contributed by atoms with van der Waals surface area (Å²) in [7, 11) is 0. The number of nitrogens with one attached hydrogen (secondary N) is 1. The maximum Gasteiger partial charge on any atom is 0.336 e. The van der Waals surface area contributed by atoms with Gasteiger partial charge in [-0.2, -0.15) is 0 Å². The van der Waals surface area contributed by atoms with Crippen LogP contribution in [0, 0.1) is 0 Å². The summed E-state index contributed by atoms with van der Waals surface area (Å²) in [6, 6.07) is 28.7. The van der Waals surface area contributed by atoms with E-state index in [-0.39, 0.29) is 11.3 Å². The molecule has 1 heterocycles. The Kier molecular flexibility index (Phi) is 6.04. The van der Waals surface area contributed by atoms with Crippen LogP contribution in [0.15, 0.2) is 97.2 Å². The third-order valence-corrected chi connectivity index (χ3v) is 6.14. The molecule has 0 radical (unpaired) electrons. The van der Waals surface area contributed by atoms with E-state index in [0.717, 1.165) is 23.2 Å². The van der Waals surface area contributed by atoms with Crippen LogP contribution in [0.2, 0.25) is 0 Å². The van der Waals surface area contributed by atoms with E-state index in [9.17, 15) is 14.7 Å². The van der Waals surface area contributed by atoms with Crippen molar-refractivity contribution >= 4 is 11.8 Å². The first kappa shape index (κ1) is 21.3. The SMILES string of the molecule is CC(=O)C(CCc1ccccc1)(c1ccc(-c2ccccc2C(=O)O)cc1)c1ccc[nH]1. The average molecular weight is 424 g/mol. The predicted molar refractivity (Wildman–Crippen MR) is 126 cm³/mol. The molecule has 3 aromatic carbocycles. The van der Waals surface area contributed by atoms with Gasteiger partial charge in [0.25, 0.3) is 0 Å². The minimum Gasteiger partial charge on any atom is -0.478 e. The number of carbonyl (C=O) groups is 2. The van der Waals surface area contributed by atoms with Crippen LogP contribution < -0.4 is 0 Å². The molecular weight excluding hydrogens is 398 g/mol. The number of carbonyl (C=O) groups excluding carboxylic acids is 1. The Labute approximate surface area is 187 Å². The van der Waals surface area contributed by atoms with E-state index in [2.05, 4.69) is 17.1 Å². The molecule has 4 rings (SSSR count). The van der Waals surface area contributed by atoms with Gasteiger partial charge in [0, 0.05) is 11.9 Å². The van der Waals surface area contributed by atoms with Crippen molar-refractivity contribution in [2.75, 3.05) is 0 Å². The number of Topliss-reactive ketones (excluding diaryl/α,β-unsaturated/α-hetero) is 1. The fourth-order valence-electron chi connectivity index (χ4n) is 4.43. The molecule has 0 amide bonds. The van der Waals surface area contributed by atoms with Crippen LogP contribution in [0.4, 0.5) is 0 Å². The van der Waals surface area contributed by atoms with E-state index in [0.29, 0.717) is 12.0 Å². The normalized spacial score (nSPS) is 12.8. The third kappa shape index (κ3) is 4.00. The number of hydrogen-bond donors (Lipinski definition) is 2. The molecule has 160 valence electrons. The predicted octanol–water partition coefficient (Wildman–Crippen LogP) is 5.89. The van der Waals surface area contributed by atoms with Crippen molar-refractivity contribution in [1.29, 1.82) is 0 Å². The third-order valence-electron chi connectivity index (χ3n) is 6.14. The second-order valence-corrected chi connectivity index (χ2v) is 7.96. The molecule has 0 aliphatic carbocycles. The van der Waals surface area contributed by atoms with E-state index in [1.54, 1.807) is 25.1 Å². The molecule has 0 aliphatic heterocycles. The van der Waals surface area contributed by atoms with Gasteiger partial charge in [0.05, 0.1) is 11.0 Å². The van der Waals surface area contributed by atoms with Crippen molar-refractivity contribution in [2.45, 2.75) is 25.2 Å². The summed E-state index contributed by atoms with van der Waals surface area (Å²) in [5, 5.41) is 9.54. The Morgan fingerprint density at radius 3 is 2.16 bits per heavy atom. The Morgan fingerprint density at radius 1 is 0.844 bits per heavy atom. The fourth-order valence-corrected chi connectivity index (χ4v) is 4.43. The van der Waals surface area contributed by atoms with Crippen LogP contribution in [-0.2, 0) is 16.6 Å². The first-order chi connectivity index (χ1) is 15.5. The largest absolute Gasteiger partial charge is 0.478 e. The highest BCUT2D eigenvalue weighted by molar-refractivity contribution is 5.96. The topological polar surface area (TPSA) is 70.2 Å². The summed E-state index contributed by atoms with van der Waals surface area (Å²) in [5.41, 5.74) is 3.83. The molecule has 1 atom stereocenters. The van der Waals surface area contributed by atoms with Crippen LogP contribution in [0.5, 0.6) is 0 Å². The maximum absolute atomic E-state index is 13.2. The van der Waals surface area contributed by atoms with Crippen LogP contribution in [0.1, 0.15) is 40.5 Å². The summed E-state index contributed by atoms with van der Waals surface area (Å²) in [4.78, 5) is 28.1. The number of carboxylic acid groups (broad SMARTS) is 1. The zero-order valence-electron chi connectivity index (χ0n) is 17.9. The van der Waals surface area contributed by atoms with E-state index in [1.807, 2.05) is 66.9 Å². The van der Waals surface area contributed by atoms with E-state index >= 15 is 0 Å². The first-order valence-electron chi connectivity index (χ1n) is 10.6. The Balaban J connectivity index is 1.77. The lowest BCUT2D eigenvalue weighted by atomic mass is 9.70. The fraction of sp³-hybridized carbons (Fsp3) is 0.143. The number of H-pyrrole nitrogens is 1. The standard InChI is InChI=1S/C28H25NO3/c1-20(30)28(26-12-7-19-29-26,18-17-21-8-3-2-4-9-21)23-15-13-22(14-16-23)24-10-5-6-11-25(24)27(31)32/h2-16,19,29H,17-18H2,1H3,(H,31,32). The van der Waals surface area contributed by atoms with Gasteiger partial charge in [0.1, 0.15) is 5.78 Å². The highest BCUT2D eigenvalue weighted by atomic mass is 16.4. The van der Waals surface area contributed by atoms with Gasteiger partial charge in [-0.25, -0.2) is 4.79 Å². The van der Waals surface area contributed by atoms with E-state index in [1.165, 1.54) is 5.56 Å². The van der Waals surface area contributed by atoms with Crippen LogP contribution in [0.25, 0.3) is 11.1 Å². The number of ketones is 1. The lowest BCUT2D eigenvalue weighted by Gasteiger charge is -2.32. The van der Waals surface area contributed by atoms with Crippen molar-refractivity contribution in [3.63, 3.8) is 0 Å². The lowest BCUT2D eigenvalue weighted by molar-refractivity contribution is -0.121. The quantitative estimate of drug-likeness (QED) is 0.371. The van der Waals surface area contributed by atoms with Crippen molar-refractivity contribution in [3.05, 3.63) is 120 Å². The van der Waals surface area contributed by atoms with Crippen molar-refractivity contribution < 1.29 is 14.7 Å². The molecule has 1 aromatic heterocycles. The number of benzene rings is 3. The number of carboxylic acids is 1. The smallest absolute Gasteiger partial charge is 0.336 e. The van der Waals surface area contributed by atoms with Gasteiger partial charge in [0.2, 0.25) is 0 Å². The molecule has 4 aromatic rings. The molecule has 0 aliphatic rings. The molecule has 1 unspecified atom stereocenters. The number of rotatable bonds is 8. The van der Waals surface area contributed by atoms with Gasteiger partial charge < -0.3 is 10.1 Å². The van der Waals surface area contributed by atoms with Gasteiger partial charge in [-0.15, -0.1) is 0 Å². The van der Waals surface area contributed by atoms with Gasteiger partial charge in [-0.05, 0) is 60.2 Å². The summed E-state index contributed by atoms with van der Waals surface area (Å²) < 4.78 is 0. The number of aryl methyl sites for hydroxylation is 1. The molecule has 0 bridgehead atoms. The molecule has 0 fully saturated rings. The van der Waals surface area contributed by atoms with Crippen molar-refractivity contribution in [3.8, 4) is 11.1 Å². The van der Waals surface area contributed by atoms with Crippen LogP contribution in [0.3, 0.4) is 0 Å².